The van der Waals surface area contributed by atoms with Crippen LogP contribution in [-0.4, -0.2) is 34.5 Å². The molecule has 100 valence electrons. The molecule has 0 aliphatic carbocycles. The number of rotatable bonds is 4. The number of benzene rings is 1. The Hall–Kier alpha value is -1.65. The Balaban J connectivity index is 0.000000360. The third-order valence-electron chi connectivity index (χ3n) is 2.07. The highest BCUT2D eigenvalue weighted by atomic mass is 16.4. The first-order valence-electron chi connectivity index (χ1n) is 5.59. The molecule has 1 rings (SSSR count). The lowest BCUT2D eigenvalue weighted by Crippen LogP contribution is -2.20. The monoisotopic (exact) mass is 252 g/mol. The van der Waals surface area contributed by atoms with Gasteiger partial charge in [0.1, 0.15) is 0 Å². The van der Waals surface area contributed by atoms with Gasteiger partial charge < -0.3 is 15.3 Å². The zero-order valence-electron chi connectivity index (χ0n) is 10.7. The third-order valence-corrected chi connectivity index (χ3v) is 2.07. The van der Waals surface area contributed by atoms with Crippen molar-refractivity contribution in [2.45, 2.75) is 13.8 Å². The van der Waals surface area contributed by atoms with Gasteiger partial charge in [-0.2, -0.15) is 0 Å². The highest BCUT2D eigenvalue weighted by Crippen LogP contribution is 2.10. The van der Waals surface area contributed by atoms with Crippen LogP contribution in [0.2, 0.25) is 0 Å². The lowest BCUT2D eigenvalue weighted by atomic mass is 9.97. The second-order valence-corrected chi connectivity index (χ2v) is 4.56. The molecule has 0 spiro atoms. The fourth-order valence-electron chi connectivity index (χ4n) is 0.782. The minimum absolute atomic E-state index is 0.0451. The molecule has 0 atom stereocenters. The average Bonchev–Trinajstić information content (AvgIpc) is 2.38. The van der Waals surface area contributed by atoms with Crippen LogP contribution in [0.3, 0.4) is 0 Å². The zero-order chi connectivity index (χ0) is 14.0. The summed E-state index contributed by atoms with van der Waals surface area (Å²) >= 11 is 0. The molecule has 0 heterocycles. The smallest absolute Gasteiger partial charge is 0.328 e. The average molecular weight is 252 g/mol. The van der Waals surface area contributed by atoms with Crippen LogP contribution in [0.25, 0.3) is 6.08 Å². The zero-order valence-corrected chi connectivity index (χ0v) is 10.7. The van der Waals surface area contributed by atoms with Crippen molar-refractivity contribution in [2.24, 2.45) is 5.41 Å². The van der Waals surface area contributed by atoms with Gasteiger partial charge in [-0.1, -0.05) is 44.2 Å². The Labute approximate surface area is 107 Å². The molecule has 0 amide bonds. The number of carboxylic acid groups (broad SMARTS) is 1. The van der Waals surface area contributed by atoms with Gasteiger partial charge in [0.2, 0.25) is 0 Å². The normalized spacial score (nSPS) is 10.9. The van der Waals surface area contributed by atoms with Gasteiger partial charge in [0, 0.05) is 11.5 Å². The van der Waals surface area contributed by atoms with Crippen molar-refractivity contribution in [1.82, 2.24) is 0 Å². The summed E-state index contributed by atoms with van der Waals surface area (Å²) in [6, 6.07) is 9.31. The van der Waals surface area contributed by atoms with Crippen molar-refractivity contribution in [3.63, 3.8) is 0 Å². The lowest BCUT2D eigenvalue weighted by molar-refractivity contribution is -0.131. The van der Waals surface area contributed by atoms with Gasteiger partial charge in [0.05, 0.1) is 13.2 Å². The summed E-state index contributed by atoms with van der Waals surface area (Å²) in [6.45, 7) is 3.69. The van der Waals surface area contributed by atoms with E-state index in [0.717, 1.165) is 11.6 Å². The second kappa shape index (κ2) is 8.44. The van der Waals surface area contributed by atoms with Crippen LogP contribution < -0.4 is 0 Å². The van der Waals surface area contributed by atoms with Crippen molar-refractivity contribution in [3.05, 3.63) is 42.0 Å². The van der Waals surface area contributed by atoms with Gasteiger partial charge in [-0.15, -0.1) is 0 Å². The highest BCUT2D eigenvalue weighted by Gasteiger charge is 2.13. The second-order valence-electron chi connectivity index (χ2n) is 4.56. The molecule has 0 aromatic heterocycles. The van der Waals surface area contributed by atoms with Crippen LogP contribution in [-0.2, 0) is 4.79 Å². The molecule has 1 aromatic rings. The number of hydrogen-bond acceptors (Lipinski definition) is 3. The molecular weight excluding hydrogens is 232 g/mol. The summed E-state index contributed by atoms with van der Waals surface area (Å²) in [4.78, 5) is 10.1. The highest BCUT2D eigenvalue weighted by molar-refractivity contribution is 5.85. The van der Waals surface area contributed by atoms with E-state index >= 15 is 0 Å². The summed E-state index contributed by atoms with van der Waals surface area (Å²) in [6.07, 6.45) is 2.68. The fraction of sp³-hybridized carbons (Fsp3) is 0.357. The fourth-order valence-corrected chi connectivity index (χ4v) is 0.782. The van der Waals surface area contributed by atoms with Gasteiger partial charge >= 0.3 is 5.97 Å². The Morgan fingerprint density at radius 3 is 2.00 bits per heavy atom. The molecule has 0 aliphatic rings. The topological polar surface area (TPSA) is 77.8 Å². The van der Waals surface area contributed by atoms with Gasteiger partial charge in [0.15, 0.2) is 0 Å². The molecule has 4 nitrogen and oxygen atoms in total. The number of aliphatic carboxylic acids is 1. The van der Waals surface area contributed by atoms with Crippen molar-refractivity contribution in [2.75, 3.05) is 13.2 Å². The molecule has 4 heteroatoms. The van der Waals surface area contributed by atoms with E-state index in [4.69, 9.17) is 15.3 Å². The minimum Gasteiger partial charge on any atom is -0.478 e. The Morgan fingerprint density at radius 2 is 1.67 bits per heavy atom. The van der Waals surface area contributed by atoms with Crippen molar-refractivity contribution in [1.29, 1.82) is 0 Å². The number of aliphatic hydroxyl groups excluding tert-OH is 2. The molecule has 0 saturated carbocycles. The Morgan fingerprint density at radius 1 is 1.17 bits per heavy atom. The van der Waals surface area contributed by atoms with E-state index in [-0.39, 0.29) is 18.6 Å². The third kappa shape index (κ3) is 8.50. The molecule has 0 radical (unpaired) electrons. The van der Waals surface area contributed by atoms with E-state index in [9.17, 15) is 4.79 Å². The van der Waals surface area contributed by atoms with Gasteiger partial charge in [-0.25, -0.2) is 4.79 Å². The molecule has 0 fully saturated rings. The van der Waals surface area contributed by atoms with Crippen LogP contribution in [0.4, 0.5) is 0 Å². The van der Waals surface area contributed by atoms with E-state index < -0.39 is 5.97 Å². The van der Waals surface area contributed by atoms with E-state index in [0.29, 0.717) is 0 Å². The van der Waals surface area contributed by atoms with E-state index in [1.54, 1.807) is 19.9 Å². The SMILES string of the molecule is CC(C)(CO)CO.O=C(O)C=Cc1ccccc1. The molecule has 0 bridgehead atoms. The van der Waals surface area contributed by atoms with E-state index in [2.05, 4.69) is 0 Å². The summed E-state index contributed by atoms with van der Waals surface area (Å²) in [5.41, 5.74) is 0.593. The van der Waals surface area contributed by atoms with E-state index in [1.165, 1.54) is 0 Å². The summed E-state index contributed by atoms with van der Waals surface area (Å²) in [7, 11) is 0. The van der Waals surface area contributed by atoms with Crippen LogP contribution in [0, 0.1) is 5.41 Å². The molecule has 0 saturated heterocycles. The lowest BCUT2D eigenvalue weighted by Gasteiger charge is -2.16. The number of carbonyl (C=O) groups is 1. The molecule has 0 unspecified atom stereocenters. The molecule has 0 aliphatic heterocycles. The summed E-state index contributed by atoms with van der Waals surface area (Å²) in [5, 5.41) is 25.2. The number of carboxylic acids is 1. The maximum atomic E-state index is 10.1. The molecule has 3 N–H and O–H groups in total. The standard InChI is InChI=1S/C9H8O2.C5H12O2/c10-9(11)7-6-8-4-2-1-3-5-8;1-5(2,3-6)4-7/h1-7H,(H,10,11);6-7H,3-4H2,1-2H3. The molecule has 1 aromatic carbocycles. The maximum Gasteiger partial charge on any atom is 0.328 e. The number of aliphatic hydroxyl groups is 2. The minimum atomic E-state index is -0.922. The summed E-state index contributed by atoms with van der Waals surface area (Å²) in [5.74, 6) is -0.922. The van der Waals surface area contributed by atoms with Crippen LogP contribution >= 0.6 is 0 Å². The molecule has 18 heavy (non-hydrogen) atoms. The Bertz CT molecular complexity index is 363. The van der Waals surface area contributed by atoms with E-state index in [1.807, 2.05) is 30.3 Å². The van der Waals surface area contributed by atoms with Gasteiger partial charge in [0.25, 0.3) is 0 Å². The van der Waals surface area contributed by atoms with Crippen molar-refractivity contribution >= 4 is 12.0 Å². The predicted molar refractivity (Wildman–Crippen MR) is 71.1 cm³/mol. The first kappa shape index (κ1) is 16.4. The largest absolute Gasteiger partial charge is 0.478 e. The first-order chi connectivity index (χ1) is 8.41. The Kier molecular flexibility index (Phi) is 7.67. The van der Waals surface area contributed by atoms with Crippen molar-refractivity contribution in [3.8, 4) is 0 Å². The maximum absolute atomic E-state index is 10.1. The van der Waals surface area contributed by atoms with Crippen LogP contribution in [0.15, 0.2) is 36.4 Å². The predicted octanol–water partition coefficient (Wildman–Crippen LogP) is 1.78. The van der Waals surface area contributed by atoms with Gasteiger partial charge in [-0.3, -0.25) is 0 Å². The van der Waals surface area contributed by atoms with Crippen LogP contribution in [0.5, 0.6) is 0 Å². The van der Waals surface area contributed by atoms with Crippen LogP contribution in [0.1, 0.15) is 19.4 Å². The molecular formula is C14H20O4. The number of hydrogen-bond donors (Lipinski definition) is 3. The van der Waals surface area contributed by atoms with Crippen molar-refractivity contribution < 1.29 is 20.1 Å². The van der Waals surface area contributed by atoms with Gasteiger partial charge in [-0.05, 0) is 11.6 Å². The first-order valence-corrected chi connectivity index (χ1v) is 5.59. The quantitative estimate of drug-likeness (QED) is 0.714. The summed E-state index contributed by atoms with van der Waals surface area (Å²) < 4.78 is 0.